The topological polar surface area (TPSA) is 83.8 Å². The van der Waals surface area contributed by atoms with Crippen LogP contribution in [0.3, 0.4) is 0 Å². The summed E-state index contributed by atoms with van der Waals surface area (Å²) in [7, 11) is 0. The van der Waals surface area contributed by atoms with Gasteiger partial charge in [0.05, 0.1) is 6.42 Å². The third-order valence-corrected chi connectivity index (χ3v) is 2.16. The summed E-state index contributed by atoms with van der Waals surface area (Å²) in [6, 6.07) is 7.29. The number of hydrogen-bond donors (Lipinski definition) is 3. The van der Waals surface area contributed by atoms with E-state index in [4.69, 9.17) is 5.73 Å². The predicted molar refractivity (Wildman–Crippen MR) is 61.8 cm³/mol. The molecule has 0 saturated heterocycles. The SMILES string of the molecule is Nc1ccccc1CC(=O)Nc1ncc[nH]1. The van der Waals surface area contributed by atoms with Gasteiger partial charge in [-0.2, -0.15) is 0 Å². The molecule has 2 rings (SSSR count). The van der Waals surface area contributed by atoms with Crippen molar-refractivity contribution in [3.05, 3.63) is 42.2 Å². The summed E-state index contributed by atoms with van der Waals surface area (Å²) in [5.41, 5.74) is 7.17. The monoisotopic (exact) mass is 216 g/mol. The zero-order valence-corrected chi connectivity index (χ0v) is 8.60. The van der Waals surface area contributed by atoms with Crippen LogP contribution in [0.2, 0.25) is 0 Å². The van der Waals surface area contributed by atoms with Gasteiger partial charge in [0.25, 0.3) is 0 Å². The van der Waals surface area contributed by atoms with Gasteiger partial charge in [-0.05, 0) is 11.6 Å². The second-order valence-electron chi connectivity index (χ2n) is 3.36. The number of rotatable bonds is 3. The minimum absolute atomic E-state index is 0.146. The summed E-state index contributed by atoms with van der Waals surface area (Å²) in [4.78, 5) is 18.3. The molecule has 0 aliphatic heterocycles. The highest BCUT2D eigenvalue weighted by Crippen LogP contribution is 2.11. The van der Waals surface area contributed by atoms with Crippen LogP contribution in [0.25, 0.3) is 0 Å². The number of nitrogen functional groups attached to an aromatic ring is 1. The highest BCUT2D eigenvalue weighted by Gasteiger charge is 2.06. The fraction of sp³-hybridized carbons (Fsp3) is 0.0909. The van der Waals surface area contributed by atoms with Crippen molar-refractivity contribution in [1.82, 2.24) is 9.97 Å². The summed E-state index contributed by atoms with van der Waals surface area (Å²) in [6.07, 6.45) is 3.46. The maximum absolute atomic E-state index is 11.6. The van der Waals surface area contributed by atoms with Crippen LogP contribution in [-0.2, 0) is 11.2 Å². The van der Waals surface area contributed by atoms with Gasteiger partial charge in [-0.25, -0.2) is 4.98 Å². The number of hydrogen-bond acceptors (Lipinski definition) is 3. The van der Waals surface area contributed by atoms with E-state index in [1.165, 1.54) is 0 Å². The molecule has 1 heterocycles. The molecule has 4 N–H and O–H groups in total. The lowest BCUT2D eigenvalue weighted by molar-refractivity contribution is -0.115. The number of carbonyl (C=O) groups excluding carboxylic acids is 1. The maximum atomic E-state index is 11.6. The van der Waals surface area contributed by atoms with Crippen LogP contribution >= 0.6 is 0 Å². The Kier molecular flexibility index (Phi) is 2.86. The fourth-order valence-electron chi connectivity index (χ4n) is 1.38. The first kappa shape index (κ1) is 10.2. The zero-order valence-electron chi connectivity index (χ0n) is 8.60. The molecule has 0 spiro atoms. The Labute approximate surface area is 92.7 Å². The first-order valence-electron chi connectivity index (χ1n) is 4.88. The van der Waals surface area contributed by atoms with E-state index in [0.29, 0.717) is 11.6 Å². The Morgan fingerprint density at radius 1 is 1.44 bits per heavy atom. The Bertz CT molecular complexity index is 478. The van der Waals surface area contributed by atoms with Crippen molar-refractivity contribution in [2.45, 2.75) is 6.42 Å². The van der Waals surface area contributed by atoms with E-state index in [1.807, 2.05) is 18.2 Å². The molecular weight excluding hydrogens is 204 g/mol. The van der Waals surface area contributed by atoms with E-state index in [1.54, 1.807) is 18.5 Å². The van der Waals surface area contributed by atoms with Gasteiger partial charge < -0.3 is 10.7 Å². The predicted octanol–water partition coefficient (Wildman–Crippen LogP) is 1.17. The number of aromatic amines is 1. The van der Waals surface area contributed by atoms with E-state index >= 15 is 0 Å². The second kappa shape index (κ2) is 4.48. The minimum atomic E-state index is -0.146. The number of imidazole rings is 1. The highest BCUT2D eigenvalue weighted by atomic mass is 16.1. The third kappa shape index (κ3) is 2.38. The number of benzene rings is 1. The van der Waals surface area contributed by atoms with Gasteiger partial charge in [0.1, 0.15) is 0 Å². The average molecular weight is 216 g/mol. The van der Waals surface area contributed by atoms with E-state index in [0.717, 1.165) is 5.56 Å². The van der Waals surface area contributed by atoms with Crippen LogP contribution < -0.4 is 11.1 Å². The van der Waals surface area contributed by atoms with Gasteiger partial charge in [0.15, 0.2) is 0 Å². The summed E-state index contributed by atoms with van der Waals surface area (Å²) in [5.74, 6) is 0.298. The molecule has 0 fully saturated rings. The molecule has 16 heavy (non-hydrogen) atoms. The molecule has 0 unspecified atom stereocenters. The Morgan fingerprint density at radius 2 is 2.25 bits per heavy atom. The number of amides is 1. The molecule has 1 aromatic heterocycles. The molecule has 5 nitrogen and oxygen atoms in total. The number of anilines is 2. The van der Waals surface area contributed by atoms with Crippen LogP contribution in [0.5, 0.6) is 0 Å². The van der Waals surface area contributed by atoms with Crippen molar-refractivity contribution >= 4 is 17.5 Å². The zero-order chi connectivity index (χ0) is 11.4. The lowest BCUT2D eigenvalue weighted by atomic mass is 10.1. The number of para-hydroxylation sites is 1. The van der Waals surface area contributed by atoms with E-state index in [2.05, 4.69) is 15.3 Å². The van der Waals surface area contributed by atoms with Crippen molar-refractivity contribution in [2.75, 3.05) is 11.1 Å². The number of carbonyl (C=O) groups is 1. The van der Waals surface area contributed by atoms with Gasteiger partial charge in [0, 0.05) is 18.1 Å². The van der Waals surface area contributed by atoms with Crippen LogP contribution in [0.4, 0.5) is 11.6 Å². The van der Waals surface area contributed by atoms with Gasteiger partial charge in [0.2, 0.25) is 11.9 Å². The normalized spacial score (nSPS) is 10.0. The van der Waals surface area contributed by atoms with Crippen molar-refractivity contribution in [2.24, 2.45) is 0 Å². The highest BCUT2D eigenvalue weighted by molar-refractivity contribution is 5.91. The van der Waals surface area contributed by atoms with Crippen LogP contribution in [0.1, 0.15) is 5.56 Å². The standard InChI is InChI=1S/C11H12N4O/c12-9-4-2-1-3-8(9)7-10(16)15-11-13-5-6-14-11/h1-6H,7,12H2,(H2,13,14,15,16). The Morgan fingerprint density at radius 3 is 2.94 bits per heavy atom. The van der Waals surface area contributed by atoms with Gasteiger partial charge in [-0.15, -0.1) is 0 Å². The maximum Gasteiger partial charge on any atom is 0.231 e. The molecule has 0 atom stereocenters. The second-order valence-corrected chi connectivity index (χ2v) is 3.36. The smallest absolute Gasteiger partial charge is 0.231 e. The minimum Gasteiger partial charge on any atom is -0.398 e. The molecule has 0 aliphatic carbocycles. The van der Waals surface area contributed by atoms with Gasteiger partial charge >= 0.3 is 0 Å². The van der Waals surface area contributed by atoms with Gasteiger partial charge in [-0.1, -0.05) is 18.2 Å². The molecule has 0 aliphatic rings. The van der Waals surface area contributed by atoms with E-state index < -0.39 is 0 Å². The van der Waals surface area contributed by atoms with Gasteiger partial charge in [-0.3, -0.25) is 10.1 Å². The number of nitrogens with one attached hydrogen (secondary N) is 2. The summed E-state index contributed by atoms with van der Waals surface area (Å²) in [5, 5.41) is 2.64. The van der Waals surface area contributed by atoms with Crippen molar-refractivity contribution in [3.8, 4) is 0 Å². The number of aromatic nitrogens is 2. The molecule has 1 amide bonds. The molecule has 0 bridgehead atoms. The number of nitrogens with zero attached hydrogens (tertiary/aromatic N) is 1. The van der Waals surface area contributed by atoms with Crippen molar-refractivity contribution < 1.29 is 4.79 Å². The summed E-state index contributed by atoms with van der Waals surface area (Å²) in [6.45, 7) is 0. The lowest BCUT2D eigenvalue weighted by Gasteiger charge is -2.04. The first-order valence-corrected chi connectivity index (χ1v) is 4.88. The lowest BCUT2D eigenvalue weighted by Crippen LogP contribution is -2.16. The Balaban J connectivity index is 2.00. The Hall–Kier alpha value is -2.30. The molecule has 0 saturated carbocycles. The molecule has 1 aromatic carbocycles. The molecule has 82 valence electrons. The summed E-state index contributed by atoms with van der Waals surface area (Å²) < 4.78 is 0. The van der Waals surface area contributed by atoms with Crippen LogP contribution in [-0.4, -0.2) is 15.9 Å². The third-order valence-electron chi connectivity index (χ3n) is 2.16. The van der Waals surface area contributed by atoms with Crippen molar-refractivity contribution in [1.29, 1.82) is 0 Å². The fourth-order valence-corrected chi connectivity index (χ4v) is 1.38. The molecule has 2 aromatic rings. The molecule has 5 heteroatoms. The first-order chi connectivity index (χ1) is 7.75. The largest absolute Gasteiger partial charge is 0.398 e. The number of nitrogens with two attached hydrogens (primary N) is 1. The number of H-pyrrole nitrogens is 1. The van der Waals surface area contributed by atoms with Crippen molar-refractivity contribution in [3.63, 3.8) is 0 Å². The molecular formula is C11H12N4O. The summed E-state index contributed by atoms with van der Waals surface area (Å²) >= 11 is 0. The van der Waals surface area contributed by atoms with Crippen LogP contribution in [0, 0.1) is 0 Å². The van der Waals surface area contributed by atoms with E-state index in [-0.39, 0.29) is 12.3 Å². The van der Waals surface area contributed by atoms with Crippen LogP contribution in [0.15, 0.2) is 36.7 Å². The average Bonchev–Trinajstić information content (AvgIpc) is 2.74. The molecule has 0 radical (unpaired) electrons. The van der Waals surface area contributed by atoms with E-state index in [9.17, 15) is 4.79 Å². The quantitative estimate of drug-likeness (QED) is 0.673.